The van der Waals surface area contributed by atoms with E-state index in [0.717, 1.165) is 5.57 Å². The molecule has 8 nitrogen and oxygen atoms in total. The second kappa shape index (κ2) is 12.2. The maximum absolute atomic E-state index is 13.2. The summed E-state index contributed by atoms with van der Waals surface area (Å²) in [5, 5.41) is 39.5. The lowest BCUT2D eigenvalue weighted by Crippen LogP contribution is -2.47. The number of esters is 1. The Morgan fingerprint density at radius 1 is 1.16 bits per heavy atom. The summed E-state index contributed by atoms with van der Waals surface area (Å²) in [6.45, 7) is 5.16. The molecule has 37 heavy (non-hydrogen) atoms. The predicted molar refractivity (Wildman–Crippen MR) is 133 cm³/mol. The Hall–Kier alpha value is -2.75. The zero-order valence-corrected chi connectivity index (χ0v) is 21.4. The summed E-state index contributed by atoms with van der Waals surface area (Å²) in [5.41, 5.74) is -0.510. The van der Waals surface area contributed by atoms with Crippen LogP contribution >= 0.6 is 0 Å². The smallest absolute Gasteiger partial charge is 0.350 e. The fourth-order valence-electron chi connectivity index (χ4n) is 5.21. The van der Waals surface area contributed by atoms with Crippen molar-refractivity contribution in [1.29, 1.82) is 0 Å². The number of aliphatic hydroxyl groups is 3. The van der Waals surface area contributed by atoms with Crippen molar-refractivity contribution in [2.45, 2.75) is 82.9 Å². The van der Waals surface area contributed by atoms with E-state index >= 15 is 0 Å². The van der Waals surface area contributed by atoms with E-state index in [9.17, 15) is 29.3 Å². The van der Waals surface area contributed by atoms with Crippen LogP contribution in [-0.2, 0) is 14.3 Å². The SMILES string of the molecule is C[C@@H]1C=CC2=C[C@@H](O)C[C@H](OC(=O)C(C)(C)Oc3ccc(F)cc3)[C@@H]2[C@H]1CC[C@@H](O)C[C@@H](O)CC(=O)O. The number of rotatable bonds is 11. The first-order valence-electron chi connectivity index (χ1n) is 12.7. The monoisotopic (exact) mass is 520 g/mol. The van der Waals surface area contributed by atoms with Crippen LogP contribution in [0.4, 0.5) is 4.39 Å². The average Bonchev–Trinajstić information content (AvgIpc) is 2.79. The molecule has 7 atom stereocenters. The molecule has 1 aromatic carbocycles. The van der Waals surface area contributed by atoms with Gasteiger partial charge in [0.05, 0.1) is 24.7 Å². The number of ether oxygens (including phenoxy) is 2. The van der Waals surface area contributed by atoms with Gasteiger partial charge in [0.15, 0.2) is 5.60 Å². The minimum Gasteiger partial charge on any atom is -0.481 e. The lowest BCUT2D eigenvalue weighted by atomic mass is 9.66. The van der Waals surface area contributed by atoms with Crippen molar-refractivity contribution >= 4 is 11.9 Å². The summed E-state index contributed by atoms with van der Waals surface area (Å²) in [5.74, 6) is -1.99. The number of carbonyl (C=O) groups is 2. The van der Waals surface area contributed by atoms with Gasteiger partial charge in [0.25, 0.3) is 0 Å². The standard InChI is InChI=1S/C28H37FO8/c1-16-4-5-17-12-20(31)14-24(26(17)23(16)11-8-19(30)13-21(32)15-25(33)34)36-27(35)28(2,3)37-22-9-6-18(29)7-10-22/h4-7,9-10,12,16,19-21,23-24,26,30-32H,8,11,13-15H2,1-3H3,(H,33,34)/t16-,19-,20-,21-,23+,24+,26+/m1/s1. The highest BCUT2D eigenvalue weighted by molar-refractivity contribution is 5.79. The molecule has 0 aliphatic heterocycles. The van der Waals surface area contributed by atoms with Gasteiger partial charge in [-0.1, -0.05) is 25.2 Å². The van der Waals surface area contributed by atoms with E-state index in [1.54, 1.807) is 19.9 Å². The summed E-state index contributed by atoms with van der Waals surface area (Å²) in [4.78, 5) is 24.0. The molecule has 0 fully saturated rings. The first-order valence-corrected chi connectivity index (χ1v) is 12.7. The van der Waals surface area contributed by atoms with E-state index in [1.807, 2.05) is 19.1 Å². The Bertz CT molecular complexity index is 1000. The number of benzene rings is 1. The first kappa shape index (κ1) is 28.8. The third kappa shape index (κ3) is 7.87. The van der Waals surface area contributed by atoms with Gasteiger partial charge in [-0.2, -0.15) is 0 Å². The molecule has 0 aromatic heterocycles. The van der Waals surface area contributed by atoms with Crippen LogP contribution in [0.3, 0.4) is 0 Å². The largest absolute Gasteiger partial charge is 0.481 e. The molecule has 4 N–H and O–H groups in total. The minimum atomic E-state index is -1.37. The molecular weight excluding hydrogens is 483 g/mol. The van der Waals surface area contributed by atoms with Gasteiger partial charge in [0, 0.05) is 12.3 Å². The fraction of sp³-hybridized carbons (Fsp3) is 0.571. The topological polar surface area (TPSA) is 134 Å². The van der Waals surface area contributed by atoms with Crippen LogP contribution < -0.4 is 4.74 Å². The number of fused-ring (bicyclic) bond motifs is 1. The van der Waals surface area contributed by atoms with E-state index in [0.29, 0.717) is 18.6 Å². The highest BCUT2D eigenvalue weighted by Gasteiger charge is 2.44. The van der Waals surface area contributed by atoms with Crippen molar-refractivity contribution in [2.24, 2.45) is 17.8 Å². The van der Waals surface area contributed by atoms with Crippen LogP contribution in [-0.4, -0.2) is 62.4 Å². The van der Waals surface area contributed by atoms with Crippen molar-refractivity contribution in [3.8, 4) is 5.75 Å². The number of carboxylic acid groups (broad SMARTS) is 1. The van der Waals surface area contributed by atoms with Gasteiger partial charge < -0.3 is 29.9 Å². The molecule has 0 heterocycles. The van der Waals surface area contributed by atoms with Crippen LogP contribution in [0.25, 0.3) is 0 Å². The van der Waals surface area contributed by atoms with Gasteiger partial charge in [0.2, 0.25) is 0 Å². The molecule has 2 aliphatic rings. The second-order valence-corrected chi connectivity index (χ2v) is 10.6. The van der Waals surface area contributed by atoms with Crippen molar-refractivity contribution in [3.05, 3.63) is 53.9 Å². The van der Waals surface area contributed by atoms with Crippen LogP contribution in [0.2, 0.25) is 0 Å². The van der Waals surface area contributed by atoms with Gasteiger partial charge in [0.1, 0.15) is 17.7 Å². The van der Waals surface area contributed by atoms with E-state index in [1.165, 1.54) is 24.3 Å². The maximum atomic E-state index is 13.2. The number of hydrogen-bond donors (Lipinski definition) is 4. The molecule has 1 aromatic rings. The average molecular weight is 521 g/mol. The van der Waals surface area contributed by atoms with Gasteiger partial charge in [-0.05, 0) is 74.8 Å². The van der Waals surface area contributed by atoms with Crippen LogP contribution in [0, 0.1) is 23.6 Å². The first-order chi connectivity index (χ1) is 17.4. The second-order valence-electron chi connectivity index (χ2n) is 10.6. The third-order valence-electron chi connectivity index (χ3n) is 7.10. The van der Waals surface area contributed by atoms with E-state index in [-0.39, 0.29) is 30.6 Å². The molecule has 0 bridgehead atoms. The molecule has 0 radical (unpaired) electrons. The zero-order valence-electron chi connectivity index (χ0n) is 21.4. The summed E-state index contributed by atoms with van der Waals surface area (Å²) in [7, 11) is 0. The van der Waals surface area contributed by atoms with E-state index < -0.39 is 54.2 Å². The predicted octanol–water partition coefficient (Wildman–Crippen LogP) is 3.39. The Balaban J connectivity index is 1.71. The Kier molecular flexibility index (Phi) is 9.50. The summed E-state index contributed by atoms with van der Waals surface area (Å²) in [6, 6.07) is 5.33. The highest BCUT2D eigenvalue weighted by atomic mass is 19.1. The molecule has 0 spiro atoms. The summed E-state index contributed by atoms with van der Waals surface area (Å²) >= 11 is 0. The normalized spacial score (nSPS) is 27.0. The molecule has 204 valence electrons. The van der Waals surface area contributed by atoms with Crippen molar-refractivity contribution in [1.82, 2.24) is 0 Å². The highest BCUT2D eigenvalue weighted by Crippen LogP contribution is 2.44. The van der Waals surface area contributed by atoms with Gasteiger partial charge in [-0.3, -0.25) is 4.79 Å². The number of carbonyl (C=O) groups excluding carboxylic acids is 1. The van der Waals surface area contributed by atoms with Crippen LogP contribution in [0.5, 0.6) is 5.75 Å². The molecule has 9 heteroatoms. The lowest BCUT2D eigenvalue weighted by molar-refractivity contribution is -0.170. The van der Waals surface area contributed by atoms with Crippen molar-refractivity contribution in [3.63, 3.8) is 0 Å². The molecular formula is C28H37FO8. The lowest BCUT2D eigenvalue weighted by Gasteiger charge is -2.43. The molecule has 2 aliphatic carbocycles. The molecule has 0 saturated heterocycles. The number of carboxylic acids is 1. The third-order valence-corrected chi connectivity index (χ3v) is 7.10. The quantitative estimate of drug-likeness (QED) is 0.326. The molecule has 0 amide bonds. The number of aliphatic hydroxyl groups excluding tert-OH is 3. The maximum Gasteiger partial charge on any atom is 0.350 e. The number of hydrogen-bond acceptors (Lipinski definition) is 7. The van der Waals surface area contributed by atoms with Crippen LogP contribution in [0.15, 0.2) is 48.1 Å². The Labute approximate surface area is 216 Å². The number of halogens is 1. The van der Waals surface area contributed by atoms with Crippen molar-refractivity contribution < 1.29 is 43.9 Å². The zero-order chi connectivity index (χ0) is 27.3. The number of allylic oxidation sites excluding steroid dienone is 2. The summed E-state index contributed by atoms with van der Waals surface area (Å²) < 4.78 is 25.0. The Morgan fingerprint density at radius 3 is 2.49 bits per heavy atom. The van der Waals surface area contributed by atoms with Gasteiger partial charge >= 0.3 is 11.9 Å². The summed E-state index contributed by atoms with van der Waals surface area (Å²) in [6.07, 6.45) is 2.92. The van der Waals surface area contributed by atoms with E-state index in [2.05, 4.69) is 0 Å². The minimum absolute atomic E-state index is 0.0195. The van der Waals surface area contributed by atoms with E-state index in [4.69, 9.17) is 14.6 Å². The van der Waals surface area contributed by atoms with Crippen LogP contribution in [0.1, 0.15) is 52.9 Å². The fourth-order valence-corrected chi connectivity index (χ4v) is 5.21. The van der Waals surface area contributed by atoms with Gasteiger partial charge in [-0.15, -0.1) is 0 Å². The molecule has 3 rings (SSSR count). The molecule has 0 unspecified atom stereocenters. The van der Waals surface area contributed by atoms with Crippen molar-refractivity contribution in [2.75, 3.05) is 0 Å². The Morgan fingerprint density at radius 2 is 1.84 bits per heavy atom. The van der Waals surface area contributed by atoms with Gasteiger partial charge in [-0.25, -0.2) is 9.18 Å². The molecule has 0 saturated carbocycles. The number of aliphatic carboxylic acids is 1.